The van der Waals surface area contributed by atoms with Crippen molar-refractivity contribution < 1.29 is 21.6 Å². The first kappa shape index (κ1) is 25.2. The minimum atomic E-state index is -3.72. The number of sulfonamides is 2. The number of aryl methyl sites for hydroxylation is 3. The van der Waals surface area contributed by atoms with Crippen molar-refractivity contribution in [1.29, 1.82) is 0 Å². The molecule has 33 heavy (non-hydrogen) atoms. The zero-order chi connectivity index (χ0) is 24.6. The summed E-state index contributed by atoms with van der Waals surface area (Å²) < 4.78 is 53.5. The molecule has 0 aromatic heterocycles. The predicted molar refractivity (Wildman–Crippen MR) is 129 cm³/mol. The summed E-state index contributed by atoms with van der Waals surface area (Å²) >= 11 is 0. The van der Waals surface area contributed by atoms with E-state index in [-0.39, 0.29) is 37.0 Å². The molecule has 1 atom stereocenters. The highest BCUT2D eigenvalue weighted by Gasteiger charge is 2.35. The number of benzene rings is 2. The summed E-state index contributed by atoms with van der Waals surface area (Å²) in [5.41, 5.74) is 3.35. The molecule has 0 spiro atoms. The van der Waals surface area contributed by atoms with Gasteiger partial charge >= 0.3 is 0 Å². The van der Waals surface area contributed by atoms with Crippen LogP contribution in [0.5, 0.6) is 0 Å². The minimum absolute atomic E-state index is 0.150. The number of piperazine rings is 1. The van der Waals surface area contributed by atoms with E-state index in [0.717, 1.165) is 27.3 Å². The van der Waals surface area contributed by atoms with Crippen molar-refractivity contribution >= 4 is 31.6 Å². The second-order valence-electron chi connectivity index (χ2n) is 8.55. The van der Waals surface area contributed by atoms with Gasteiger partial charge in [0.1, 0.15) is 6.04 Å². The molecule has 0 unspecified atom stereocenters. The predicted octanol–water partition coefficient (Wildman–Crippen LogP) is 2.30. The summed E-state index contributed by atoms with van der Waals surface area (Å²) in [6.07, 6.45) is 1.08. The molecule has 1 aliphatic rings. The molecule has 0 radical (unpaired) electrons. The molecule has 1 saturated heterocycles. The minimum Gasteiger partial charge on any atom is -0.338 e. The molecule has 3 rings (SSSR count). The normalized spacial score (nSPS) is 16.5. The molecule has 0 bridgehead atoms. The number of carbonyl (C=O) groups excluding carboxylic acids is 1. The van der Waals surface area contributed by atoms with Crippen LogP contribution in [0.15, 0.2) is 47.4 Å². The Labute approximate surface area is 196 Å². The van der Waals surface area contributed by atoms with Crippen LogP contribution in [0, 0.1) is 20.8 Å². The number of hydrogen-bond acceptors (Lipinski definition) is 5. The maximum absolute atomic E-state index is 13.2. The summed E-state index contributed by atoms with van der Waals surface area (Å²) in [7, 11) is -7.38. The summed E-state index contributed by atoms with van der Waals surface area (Å²) in [6.45, 7) is 7.96. The topological polar surface area (TPSA) is 95.1 Å². The Balaban J connectivity index is 1.76. The molecule has 2 aromatic rings. The lowest BCUT2D eigenvalue weighted by Crippen LogP contribution is -2.56. The van der Waals surface area contributed by atoms with Gasteiger partial charge in [0.2, 0.25) is 26.0 Å². The van der Waals surface area contributed by atoms with Gasteiger partial charge in [-0.05, 0) is 63.1 Å². The summed E-state index contributed by atoms with van der Waals surface area (Å²) in [4.78, 5) is 15.0. The van der Waals surface area contributed by atoms with Gasteiger partial charge in [0.25, 0.3) is 0 Å². The van der Waals surface area contributed by atoms with E-state index < -0.39 is 26.1 Å². The molecule has 1 aliphatic heterocycles. The number of rotatable bonds is 6. The summed E-state index contributed by atoms with van der Waals surface area (Å²) in [5, 5.41) is 0. The second kappa shape index (κ2) is 9.44. The fourth-order valence-corrected chi connectivity index (χ4v) is 6.52. The molecule has 2 aromatic carbocycles. The highest BCUT2D eigenvalue weighted by atomic mass is 32.2. The van der Waals surface area contributed by atoms with Gasteiger partial charge in [-0.25, -0.2) is 16.8 Å². The Morgan fingerprint density at radius 2 is 1.45 bits per heavy atom. The quantitative estimate of drug-likeness (QED) is 0.615. The maximum Gasteiger partial charge on any atom is 0.246 e. The van der Waals surface area contributed by atoms with Crippen molar-refractivity contribution in [1.82, 2.24) is 9.21 Å². The zero-order valence-electron chi connectivity index (χ0n) is 19.6. The number of anilines is 1. The molecule has 0 aliphatic carbocycles. The number of hydrogen-bond donors (Lipinski definition) is 0. The van der Waals surface area contributed by atoms with Gasteiger partial charge in [-0.15, -0.1) is 0 Å². The Hall–Kier alpha value is -2.43. The molecule has 8 nitrogen and oxygen atoms in total. The van der Waals surface area contributed by atoms with Crippen LogP contribution in [-0.2, 0) is 24.8 Å². The van der Waals surface area contributed by atoms with Gasteiger partial charge < -0.3 is 4.90 Å². The molecule has 0 saturated carbocycles. The first-order valence-corrected chi connectivity index (χ1v) is 14.0. The molecule has 180 valence electrons. The van der Waals surface area contributed by atoms with Gasteiger partial charge in [0.05, 0.1) is 16.8 Å². The number of amides is 1. The third-order valence-electron chi connectivity index (χ3n) is 6.02. The van der Waals surface area contributed by atoms with Crippen LogP contribution in [0.25, 0.3) is 0 Å². The van der Waals surface area contributed by atoms with E-state index in [2.05, 4.69) is 0 Å². The van der Waals surface area contributed by atoms with Crippen LogP contribution in [0.4, 0.5) is 5.69 Å². The Kier molecular flexibility index (Phi) is 7.21. The third kappa shape index (κ3) is 5.39. The van der Waals surface area contributed by atoms with E-state index in [1.54, 1.807) is 43.3 Å². The molecule has 1 fully saturated rings. The van der Waals surface area contributed by atoms with Gasteiger partial charge in [0.15, 0.2) is 0 Å². The standard InChI is InChI=1S/C23H31N3O5S2/c1-17-6-10-22(11-7-17)33(30,31)25-14-12-24(13-15-25)23(27)20(4)26(32(5,28)29)21-9-8-18(2)19(3)16-21/h6-11,16,20H,12-15H2,1-5H3/t20-/m0/s1. The third-order valence-corrected chi connectivity index (χ3v) is 9.18. The summed E-state index contributed by atoms with van der Waals surface area (Å²) in [6, 6.07) is 11.0. The monoisotopic (exact) mass is 493 g/mol. The van der Waals surface area contributed by atoms with E-state index in [4.69, 9.17) is 0 Å². The lowest BCUT2D eigenvalue weighted by atomic mass is 10.1. The van der Waals surface area contributed by atoms with Crippen LogP contribution < -0.4 is 4.31 Å². The maximum atomic E-state index is 13.2. The SMILES string of the molecule is Cc1ccc(S(=O)(=O)N2CCN(C(=O)[C@H](C)N(c3ccc(C)c(C)c3)S(C)(=O)=O)CC2)cc1. The van der Waals surface area contributed by atoms with Crippen molar-refractivity contribution in [3.05, 3.63) is 59.2 Å². The van der Waals surface area contributed by atoms with Gasteiger partial charge in [-0.3, -0.25) is 9.10 Å². The van der Waals surface area contributed by atoms with Crippen LogP contribution in [0.2, 0.25) is 0 Å². The number of nitrogens with zero attached hydrogens (tertiary/aromatic N) is 3. The van der Waals surface area contributed by atoms with Crippen molar-refractivity contribution in [3.8, 4) is 0 Å². The van der Waals surface area contributed by atoms with E-state index >= 15 is 0 Å². The van der Waals surface area contributed by atoms with E-state index in [0.29, 0.717) is 5.69 Å². The van der Waals surface area contributed by atoms with Crippen molar-refractivity contribution in [3.63, 3.8) is 0 Å². The Bertz CT molecular complexity index is 1230. The van der Waals surface area contributed by atoms with Gasteiger partial charge in [-0.2, -0.15) is 4.31 Å². The first-order valence-electron chi connectivity index (χ1n) is 10.7. The van der Waals surface area contributed by atoms with Crippen LogP contribution in [0.1, 0.15) is 23.6 Å². The fourth-order valence-electron chi connectivity index (χ4n) is 3.94. The van der Waals surface area contributed by atoms with E-state index in [1.807, 2.05) is 26.8 Å². The molecular weight excluding hydrogens is 462 g/mol. The van der Waals surface area contributed by atoms with Crippen LogP contribution in [-0.4, -0.2) is 70.4 Å². The molecule has 1 amide bonds. The second-order valence-corrected chi connectivity index (χ2v) is 12.3. The first-order chi connectivity index (χ1) is 15.3. The fraction of sp³-hybridized carbons (Fsp3) is 0.435. The van der Waals surface area contributed by atoms with E-state index in [1.165, 1.54) is 9.21 Å². The average molecular weight is 494 g/mol. The molecule has 10 heteroatoms. The zero-order valence-corrected chi connectivity index (χ0v) is 21.3. The van der Waals surface area contributed by atoms with Crippen molar-refractivity contribution in [2.45, 2.75) is 38.6 Å². The lowest BCUT2D eigenvalue weighted by molar-refractivity contribution is -0.133. The molecule has 1 heterocycles. The van der Waals surface area contributed by atoms with Crippen molar-refractivity contribution in [2.75, 3.05) is 36.7 Å². The number of carbonyl (C=O) groups is 1. The van der Waals surface area contributed by atoms with Crippen molar-refractivity contribution in [2.24, 2.45) is 0 Å². The Morgan fingerprint density at radius 3 is 1.97 bits per heavy atom. The lowest BCUT2D eigenvalue weighted by Gasteiger charge is -2.37. The molecular formula is C23H31N3O5S2. The average Bonchev–Trinajstić information content (AvgIpc) is 2.75. The smallest absolute Gasteiger partial charge is 0.246 e. The molecule has 0 N–H and O–H groups in total. The Morgan fingerprint density at radius 1 is 0.879 bits per heavy atom. The van der Waals surface area contributed by atoms with Crippen LogP contribution in [0.3, 0.4) is 0 Å². The van der Waals surface area contributed by atoms with Gasteiger partial charge in [-0.1, -0.05) is 23.8 Å². The van der Waals surface area contributed by atoms with Crippen LogP contribution >= 0.6 is 0 Å². The summed E-state index contributed by atoms with van der Waals surface area (Å²) in [5.74, 6) is -0.356. The highest BCUT2D eigenvalue weighted by Crippen LogP contribution is 2.25. The highest BCUT2D eigenvalue weighted by molar-refractivity contribution is 7.92. The van der Waals surface area contributed by atoms with E-state index in [9.17, 15) is 21.6 Å². The largest absolute Gasteiger partial charge is 0.338 e. The van der Waals surface area contributed by atoms with Gasteiger partial charge in [0, 0.05) is 26.2 Å².